The highest BCUT2D eigenvalue weighted by atomic mass is 35.5. The standard InChI is InChI=1S/C20H19ClN4O3/c1-13-7-6-10-16(11-13)28-12-17(26)22-23-20(27)18-14(2)24-25(19(18)21)15-8-4-3-5-9-15/h3-11H,12H2,1-2H3,(H,22,26)(H,23,27). The summed E-state index contributed by atoms with van der Waals surface area (Å²) in [5.74, 6) is -0.489. The van der Waals surface area contributed by atoms with E-state index in [1.165, 1.54) is 4.68 Å². The lowest BCUT2D eigenvalue weighted by molar-refractivity contribution is -0.123. The molecular weight excluding hydrogens is 380 g/mol. The van der Waals surface area contributed by atoms with E-state index in [4.69, 9.17) is 16.3 Å². The average Bonchev–Trinajstić information content (AvgIpc) is 2.99. The van der Waals surface area contributed by atoms with Gasteiger partial charge >= 0.3 is 0 Å². The number of carbonyl (C=O) groups excluding carboxylic acids is 2. The molecule has 0 fully saturated rings. The van der Waals surface area contributed by atoms with E-state index in [2.05, 4.69) is 16.0 Å². The van der Waals surface area contributed by atoms with E-state index in [1.54, 1.807) is 13.0 Å². The molecule has 3 aromatic rings. The first kappa shape index (κ1) is 19.4. The topological polar surface area (TPSA) is 85.2 Å². The van der Waals surface area contributed by atoms with Crippen LogP contribution in [-0.2, 0) is 4.79 Å². The Kier molecular flexibility index (Phi) is 5.96. The number of para-hydroxylation sites is 1. The summed E-state index contributed by atoms with van der Waals surface area (Å²) >= 11 is 6.33. The molecule has 2 aromatic carbocycles. The van der Waals surface area contributed by atoms with Gasteiger partial charge in [0, 0.05) is 0 Å². The minimum atomic E-state index is -0.561. The van der Waals surface area contributed by atoms with E-state index in [0.29, 0.717) is 11.4 Å². The van der Waals surface area contributed by atoms with Gasteiger partial charge in [-0.15, -0.1) is 0 Å². The van der Waals surface area contributed by atoms with Crippen LogP contribution in [0.2, 0.25) is 5.15 Å². The van der Waals surface area contributed by atoms with Gasteiger partial charge in [0.05, 0.1) is 11.4 Å². The maximum Gasteiger partial charge on any atom is 0.276 e. The van der Waals surface area contributed by atoms with Gasteiger partial charge in [-0.05, 0) is 43.7 Å². The van der Waals surface area contributed by atoms with Crippen molar-refractivity contribution in [3.63, 3.8) is 0 Å². The van der Waals surface area contributed by atoms with Gasteiger partial charge in [0.1, 0.15) is 16.5 Å². The molecule has 2 N–H and O–H groups in total. The van der Waals surface area contributed by atoms with Crippen LogP contribution < -0.4 is 15.6 Å². The van der Waals surface area contributed by atoms with Crippen LogP contribution in [0.4, 0.5) is 0 Å². The highest BCUT2D eigenvalue weighted by molar-refractivity contribution is 6.33. The normalized spacial score (nSPS) is 10.4. The smallest absolute Gasteiger partial charge is 0.276 e. The molecule has 0 aliphatic rings. The van der Waals surface area contributed by atoms with Crippen LogP contribution >= 0.6 is 11.6 Å². The summed E-state index contributed by atoms with van der Waals surface area (Å²) in [7, 11) is 0. The molecule has 0 unspecified atom stereocenters. The number of nitrogens with one attached hydrogen (secondary N) is 2. The second kappa shape index (κ2) is 8.58. The maximum atomic E-state index is 12.4. The number of hydrogen-bond acceptors (Lipinski definition) is 4. The van der Waals surface area contributed by atoms with E-state index in [-0.39, 0.29) is 17.3 Å². The van der Waals surface area contributed by atoms with Crippen LogP contribution in [0.1, 0.15) is 21.6 Å². The monoisotopic (exact) mass is 398 g/mol. The van der Waals surface area contributed by atoms with Gasteiger partial charge in [-0.1, -0.05) is 41.9 Å². The number of ether oxygens (including phenoxy) is 1. The van der Waals surface area contributed by atoms with Crippen LogP contribution in [0.15, 0.2) is 54.6 Å². The Morgan fingerprint density at radius 1 is 1.07 bits per heavy atom. The summed E-state index contributed by atoms with van der Waals surface area (Å²) in [4.78, 5) is 24.4. The van der Waals surface area contributed by atoms with Crippen molar-refractivity contribution in [1.82, 2.24) is 20.6 Å². The molecule has 0 atom stereocenters. The zero-order valence-electron chi connectivity index (χ0n) is 15.4. The van der Waals surface area contributed by atoms with Gasteiger partial charge in [-0.3, -0.25) is 20.4 Å². The van der Waals surface area contributed by atoms with Crippen LogP contribution in [0.5, 0.6) is 5.75 Å². The van der Waals surface area contributed by atoms with Crippen molar-refractivity contribution in [3.8, 4) is 11.4 Å². The number of nitrogens with zero attached hydrogens (tertiary/aromatic N) is 2. The third-order valence-electron chi connectivity index (χ3n) is 3.91. The van der Waals surface area contributed by atoms with Crippen molar-refractivity contribution in [2.45, 2.75) is 13.8 Å². The lowest BCUT2D eigenvalue weighted by Crippen LogP contribution is -2.44. The number of rotatable bonds is 5. The highest BCUT2D eigenvalue weighted by Gasteiger charge is 2.21. The summed E-state index contributed by atoms with van der Waals surface area (Å²) in [6, 6.07) is 16.5. The number of hydrazine groups is 1. The molecule has 144 valence electrons. The van der Waals surface area contributed by atoms with E-state index in [1.807, 2.05) is 55.5 Å². The summed E-state index contributed by atoms with van der Waals surface area (Å²) in [6.45, 7) is 3.36. The lowest BCUT2D eigenvalue weighted by Gasteiger charge is -2.09. The van der Waals surface area contributed by atoms with E-state index < -0.39 is 11.8 Å². The molecule has 28 heavy (non-hydrogen) atoms. The summed E-state index contributed by atoms with van der Waals surface area (Å²) in [5.41, 5.74) is 7.02. The van der Waals surface area contributed by atoms with Gasteiger partial charge in [0.15, 0.2) is 6.61 Å². The second-order valence-corrected chi connectivity index (χ2v) is 6.46. The zero-order chi connectivity index (χ0) is 20.1. The number of aromatic nitrogens is 2. The SMILES string of the molecule is Cc1cccc(OCC(=O)NNC(=O)c2c(C)nn(-c3ccccc3)c2Cl)c1. The predicted octanol–water partition coefficient (Wildman–Crippen LogP) is 2.98. The molecule has 0 bridgehead atoms. The van der Waals surface area contributed by atoms with Crippen molar-refractivity contribution < 1.29 is 14.3 Å². The molecule has 2 amide bonds. The van der Waals surface area contributed by atoms with Gasteiger partial charge in [0.2, 0.25) is 0 Å². The molecule has 1 aromatic heterocycles. The lowest BCUT2D eigenvalue weighted by atomic mass is 10.2. The third-order valence-corrected chi connectivity index (χ3v) is 4.26. The van der Waals surface area contributed by atoms with Crippen molar-refractivity contribution in [1.29, 1.82) is 0 Å². The average molecular weight is 399 g/mol. The summed E-state index contributed by atoms with van der Waals surface area (Å²) < 4.78 is 6.86. The largest absolute Gasteiger partial charge is 0.484 e. The van der Waals surface area contributed by atoms with Crippen LogP contribution in [0.25, 0.3) is 5.69 Å². The molecule has 7 nitrogen and oxygen atoms in total. The van der Waals surface area contributed by atoms with E-state index >= 15 is 0 Å². The van der Waals surface area contributed by atoms with Crippen LogP contribution in [0, 0.1) is 13.8 Å². The fourth-order valence-electron chi connectivity index (χ4n) is 2.58. The molecule has 8 heteroatoms. The van der Waals surface area contributed by atoms with Gasteiger partial charge in [0.25, 0.3) is 11.8 Å². The second-order valence-electron chi connectivity index (χ2n) is 6.11. The number of aryl methyl sites for hydroxylation is 2. The van der Waals surface area contributed by atoms with Crippen LogP contribution in [0.3, 0.4) is 0 Å². The number of benzene rings is 2. The highest BCUT2D eigenvalue weighted by Crippen LogP contribution is 2.23. The number of hydrogen-bond donors (Lipinski definition) is 2. The Labute approximate surface area is 167 Å². The van der Waals surface area contributed by atoms with E-state index in [9.17, 15) is 9.59 Å². The summed E-state index contributed by atoms with van der Waals surface area (Å²) in [5, 5.41) is 4.46. The molecule has 0 saturated heterocycles. The minimum Gasteiger partial charge on any atom is -0.484 e. The van der Waals surface area contributed by atoms with Crippen LogP contribution in [-0.4, -0.2) is 28.2 Å². The molecule has 3 rings (SSSR count). The van der Waals surface area contributed by atoms with Gasteiger partial charge < -0.3 is 4.74 Å². The molecular formula is C20H19ClN4O3. The number of carbonyl (C=O) groups is 2. The Hall–Kier alpha value is -3.32. The minimum absolute atomic E-state index is 0.159. The molecule has 0 aliphatic carbocycles. The van der Waals surface area contributed by atoms with Crippen molar-refractivity contribution in [2.24, 2.45) is 0 Å². The van der Waals surface area contributed by atoms with E-state index in [0.717, 1.165) is 11.3 Å². The third kappa shape index (κ3) is 4.50. The molecule has 0 saturated carbocycles. The fourth-order valence-corrected chi connectivity index (χ4v) is 2.93. The Balaban J connectivity index is 1.60. The van der Waals surface area contributed by atoms with Gasteiger partial charge in [-0.2, -0.15) is 5.10 Å². The summed E-state index contributed by atoms with van der Waals surface area (Å²) in [6.07, 6.45) is 0. The first-order valence-electron chi connectivity index (χ1n) is 8.55. The maximum absolute atomic E-state index is 12.4. The van der Waals surface area contributed by atoms with Gasteiger partial charge in [-0.25, -0.2) is 4.68 Å². The van der Waals surface area contributed by atoms with Crippen molar-refractivity contribution >= 4 is 23.4 Å². The zero-order valence-corrected chi connectivity index (χ0v) is 16.2. The van der Waals surface area contributed by atoms with Crippen molar-refractivity contribution in [2.75, 3.05) is 6.61 Å². The Morgan fingerprint density at radius 3 is 2.54 bits per heavy atom. The molecule has 0 spiro atoms. The molecule has 0 aliphatic heterocycles. The number of amides is 2. The Morgan fingerprint density at radius 2 is 1.82 bits per heavy atom. The number of halogens is 1. The molecule has 0 radical (unpaired) electrons. The quantitative estimate of drug-likeness (QED) is 0.647. The first-order valence-corrected chi connectivity index (χ1v) is 8.92. The Bertz CT molecular complexity index is 1000. The predicted molar refractivity (Wildman–Crippen MR) is 106 cm³/mol. The first-order chi connectivity index (χ1) is 13.5. The molecule has 1 heterocycles. The fraction of sp³-hybridized carbons (Fsp3) is 0.150. The van der Waals surface area contributed by atoms with Crippen molar-refractivity contribution in [3.05, 3.63) is 76.6 Å².